The molecule has 1 aromatic rings. The maximum Gasteiger partial charge on any atom is 0.269 e. The molecule has 0 radical (unpaired) electrons. The number of hydrogen-bond acceptors (Lipinski definition) is 6. The predicted octanol–water partition coefficient (Wildman–Crippen LogP) is 1.81. The molecule has 0 heterocycles. The van der Waals surface area contributed by atoms with Gasteiger partial charge < -0.3 is 5.11 Å². The molecular weight excluding hydrogens is 314 g/mol. The van der Waals surface area contributed by atoms with Crippen molar-refractivity contribution in [1.29, 1.82) is 0 Å². The van der Waals surface area contributed by atoms with Crippen LogP contribution in [0, 0.1) is 22.0 Å². The Kier molecular flexibility index (Phi) is 4.66. The maximum absolute atomic E-state index is 12.4. The summed E-state index contributed by atoms with van der Waals surface area (Å²) in [5, 5.41) is 21.6. The Morgan fingerprint density at radius 1 is 1.29 bits per heavy atom. The minimum absolute atomic E-state index is 0.199. The van der Waals surface area contributed by atoms with Crippen LogP contribution in [0.3, 0.4) is 0 Å². The van der Waals surface area contributed by atoms with Crippen LogP contribution in [0.4, 0.5) is 5.69 Å². The number of benzene rings is 1. The largest absolute Gasteiger partial charge is 0.389 e. The van der Waals surface area contributed by atoms with Crippen molar-refractivity contribution in [1.82, 2.24) is 0 Å². The van der Waals surface area contributed by atoms with E-state index in [4.69, 9.17) is 0 Å². The molecule has 1 aliphatic carbocycles. The third-order valence-electron chi connectivity index (χ3n) is 4.61. The average molecular weight is 333 g/mol. The molecule has 128 valence electrons. The van der Waals surface area contributed by atoms with Gasteiger partial charge in [-0.15, -0.1) is 0 Å². The van der Waals surface area contributed by atoms with Gasteiger partial charge in [-0.2, -0.15) is 0 Å². The van der Waals surface area contributed by atoms with Crippen molar-refractivity contribution < 1.29 is 24.4 Å². The number of carbonyl (C=O) groups is 3. The van der Waals surface area contributed by atoms with Gasteiger partial charge in [0, 0.05) is 24.5 Å². The zero-order valence-electron chi connectivity index (χ0n) is 13.7. The molecular formula is C17H19NO6. The summed E-state index contributed by atoms with van der Waals surface area (Å²) in [6, 6.07) is 5.52. The highest BCUT2D eigenvalue weighted by Crippen LogP contribution is 2.46. The first-order valence-electron chi connectivity index (χ1n) is 7.56. The predicted molar refractivity (Wildman–Crippen MR) is 84.4 cm³/mol. The van der Waals surface area contributed by atoms with Crippen LogP contribution in [-0.2, 0) is 14.4 Å². The molecule has 0 amide bonds. The van der Waals surface area contributed by atoms with E-state index in [-0.39, 0.29) is 17.9 Å². The number of non-ortho nitro benzene ring substituents is 1. The highest BCUT2D eigenvalue weighted by atomic mass is 16.6. The zero-order valence-corrected chi connectivity index (χ0v) is 13.7. The van der Waals surface area contributed by atoms with Gasteiger partial charge in [0.05, 0.1) is 22.4 Å². The second kappa shape index (κ2) is 6.24. The zero-order chi connectivity index (χ0) is 18.2. The van der Waals surface area contributed by atoms with Crippen LogP contribution >= 0.6 is 0 Å². The molecule has 0 bridgehead atoms. The molecule has 0 unspecified atom stereocenters. The number of aliphatic hydroxyl groups is 1. The smallest absolute Gasteiger partial charge is 0.269 e. The topological polar surface area (TPSA) is 115 Å². The van der Waals surface area contributed by atoms with Crippen LogP contribution in [0.1, 0.15) is 38.7 Å². The molecule has 1 aliphatic rings. The number of nitrogens with zero attached hydrogens (tertiary/aromatic N) is 1. The Morgan fingerprint density at radius 2 is 1.92 bits per heavy atom. The van der Waals surface area contributed by atoms with Crippen LogP contribution in [-0.4, -0.2) is 33.0 Å². The summed E-state index contributed by atoms with van der Waals surface area (Å²) in [4.78, 5) is 47.0. The van der Waals surface area contributed by atoms with E-state index in [0.717, 1.165) is 0 Å². The van der Waals surface area contributed by atoms with Gasteiger partial charge in [0.15, 0.2) is 0 Å². The van der Waals surface area contributed by atoms with E-state index in [0.29, 0.717) is 5.56 Å². The molecule has 1 aromatic carbocycles. The van der Waals surface area contributed by atoms with E-state index in [1.165, 1.54) is 45.0 Å². The van der Waals surface area contributed by atoms with E-state index in [2.05, 4.69) is 0 Å². The molecule has 1 fully saturated rings. The summed E-state index contributed by atoms with van der Waals surface area (Å²) in [5.74, 6) is -4.25. The number of Topliss-reactive ketones (excluding diaryl/α,β-unsaturated/α-hetero) is 3. The van der Waals surface area contributed by atoms with Crippen molar-refractivity contribution in [3.8, 4) is 0 Å². The molecule has 2 rings (SSSR count). The standard InChI is InChI=1S/C17H19NO6/c1-9(19)14-13(21)8-17(3,22)16(10(2)20)15(14)11-5-4-6-12(7-11)18(23)24/h4-7,14-16,22H,8H2,1-3H3/t14-,15+,16-,17+/m1/s1. The van der Waals surface area contributed by atoms with Gasteiger partial charge in [-0.05, 0) is 26.3 Å². The highest BCUT2D eigenvalue weighted by Gasteiger charge is 2.53. The van der Waals surface area contributed by atoms with Crippen molar-refractivity contribution in [2.24, 2.45) is 11.8 Å². The molecule has 0 spiro atoms. The quantitative estimate of drug-likeness (QED) is 0.510. The molecule has 1 saturated carbocycles. The van der Waals surface area contributed by atoms with E-state index >= 15 is 0 Å². The second-order valence-electron chi connectivity index (χ2n) is 6.55. The molecule has 4 atom stereocenters. The number of hydrogen-bond donors (Lipinski definition) is 1. The van der Waals surface area contributed by atoms with Crippen LogP contribution in [0.25, 0.3) is 0 Å². The van der Waals surface area contributed by atoms with Gasteiger partial charge in [0.1, 0.15) is 17.3 Å². The van der Waals surface area contributed by atoms with Crippen molar-refractivity contribution in [2.45, 2.75) is 38.7 Å². The van der Waals surface area contributed by atoms with Gasteiger partial charge in [-0.3, -0.25) is 24.5 Å². The number of nitro benzene ring substituents is 1. The molecule has 0 aliphatic heterocycles. The fourth-order valence-electron chi connectivity index (χ4n) is 3.75. The minimum Gasteiger partial charge on any atom is -0.389 e. The van der Waals surface area contributed by atoms with Gasteiger partial charge in [0.25, 0.3) is 5.69 Å². The number of carbonyl (C=O) groups excluding carboxylic acids is 3. The van der Waals surface area contributed by atoms with Gasteiger partial charge in [0.2, 0.25) is 0 Å². The third kappa shape index (κ3) is 3.12. The van der Waals surface area contributed by atoms with E-state index in [1.54, 1.807) is 0 Å². The lowest BCUT2D eigenvalue weighted by molar-refractivity contribution is -0.385. The van der Waals surface area contributed by atoms with Gasteiger partial charge >= 0.3 is 0 Å². The summed E-state index contributed by atoms with van der Waals surface area (Å²) in [6.07, 6.45) is -0.299. The minimum atomic E-state index is -1.61. The third-order valence-corrected chi connectivity index (χ3v) is 4.61. The first-order valence-corrected chi connectivity index (χ1v) is 7.56. The number of ketones is 3. The lowest BCUT2D eigenvalue weighted by Crippen LogP contribution is -2.53. The second-order valence-corrected chi connectivity index (χ2v) is 6.55. The average Bonchev–Trinajstić information content (AvgIpc) is 2.44. The normalized spacial score (nSPS) is 30.0. The molecule has 7 nitrogen and oxygen atoms in total. The Hall–Kier alpha value is -2.41. The van der Waals surface area contributed by atoms with Crippen molar-refractivity contribution in [3.63, 3.8) is 0 Å². The van der Waals surface area contributed by atoms with Crippen LogP contribution in [0.15, 0.2) is 24.3 Å². The van der Waals surface area contributed by atoms with E-state index in [1.807, 2.05) is 0 Å². The molecule has 24 heavy (non-hydrogen) atoms. The van der Waals surface area contributed by atoms with Crippen LogP contribution in [0.2, 0.25) is 0 Å². The maximum atomic E-state index is 12.4. The summed E-state index contributed by atoms with van der Waals surface area (Å²) < 4.78 is 0. The first-order chi connectivity index (χ1) is 11.1. The summed E-state index contributed by atoms with van der Waals surface area (Å²) in [7, 11) is 0. The highest BCUT2D eigenvalue weighted by molar-refractivity contribution is 6.05. The fourth-order valence-corrected chi connectivity index (χ4v) is 3.75. The van der Waals surface area contributed by atoms with Gasteiger partial charge in [-0.1, -0.05) is 12.1 Å². The lowest BCUT2D eigenvalue weighted by atomic mass is 9.60. The number of nitro groups is 1. The first kappa shape index (κ1) is 17.9. The van der Waals surface area contributed by atoms with Crippen molar-refractivity contribution in [3.05, 3.63) is 39.9 Å². The van der Waals surface area contributed by atoms with Crippen molar-refractivity contribution >= 4 is 23.0 Å². The van der Waals surface area contributed by atoms with Crippen LogP contribution in [0.5, 0.6) is 0 Å². The Labute approximate surface area is 138 Å². The van der Waals surface area contributed by atoms with Crippen LogP contribution < -0.4 is 0 Å². The van der Waals surface area contributed by atoms with Gasteiger partial charge in [-0.25, -0.2) is 0 Å². The lowest BCUT2D eigenvalue weighted by Gasteiger charge is -2.44. The summed E-state index contributed by atoms with van der Waals surface area (Å²) in [5.41, 5.74) is -1.47. The Balaban J connectivity index is 2.67. The molecule has 1 N–H and O–H groups in total. The summed E-state index contributed by atoms with van der Waals surface area (Å²) in [6.45, 7) is 3.93. The Morgan fingerprint density at radius 3 is 2.42 bits per heavy atom. The molecule has 0 saturated heterocycles. The monoisotopic (exact) mass is 333 g/mol. The SMILES string of the molecule is CC(=O)[C@@H]1C(=O)C[C@](C)(O)[C@H](C(C)=O)[C@H]1c1cccc([N+](=O)[O-])c1. The Bertz CT molecular complexity index is 724. The van der Waals surface area contributed by atoms with E-state index < -0.39 is 39.8 Å². The molecule has 7 heteroatoms. The fraction of sp³-hybridized carbons (Fsp3) is 0.471. The number of rotatable bonds is 4. The summed E-state index contributed by atoms with van der Waals surface area (Å²) >= 11 is 0. The van der Waals surface area contributed by atoms with E-state index in [9.17, 15) is 29.6 Å². The van der Waals surface area contributed by atoms with Crippen molar-refractivity contribution in [2.75, 3.05) is 0 Å². The molecule has 0 aromatic heterocycles.